The molecule has 1 aromatic heterocycles. The molecule has 4 rings (SSSR count). The van der Waals surface area contributed by atoms with Crippen LogP contribution < -0.4 is 14.5 Å². The van der Waals surface area contributed by atoms with Crippen LogP contribution in [0, 0.1) is 18.6 Å². The molecule has 9 heteroatoms. The van der Waals surface area contributed by atoms with Crippen molar-refractivity contribution in [1.29, 1.82) is 0 Å². The van der Waals surface area contributed by atoms with Crippen molar-refractivity contribution in [3.63, 3.8) is 0 Å². The third-order valence-electron chi connectivity index (χ3n) is 6.57. The van der Waals surface area contributed by atoms with Crippen LogP contribution in [0.15, 0.2) is 35.2 Å². The first-order chi connectivity index (χ1) is 14.2. The monoisotopic (exact) mass is 437 g/mol. The fourth-order valence-corrected chi connectivity index (χ4v) is 6.07. The van der Waals surface area contributed by atoms with Crippen LogP contribution in [0.2, 0.25) is 0 Å². The second-order valence-electron chi connectivity index (χ2n) is 8.28. The summed E-state index contributed by atoms with van der Waals surface area (Å²) in [5.41, 5.74) is 0.888. The molecule has 3 heterocycles. The first-order valence-corrected chi connectivity index (χ1v) is 11.8. The molecular formula is C21H27F2N4O2S+. The minimum Gasteiger partial charge on any atom is -0.311 e. The van der Waals surface area contributed by atoms with E-state index in [1.165, 1.54) is 0 Å². The van der Waals surface area contributed by atoms with Crippen LogP contribution in [0.1, 0.15) is 31.9 Å². The Kier molecular flexibility index (Phi) is 5.54. The molecule has 0 spiro atoms. The van der Waals surface area contributed by atoms with E-state index in [0.29, 0.717) is 29.5 Å². The van der Waals surface area contributed by atoms with Crippen LogP contribution in [0.25, 0.3) is 0 Å². The van der Waals surface area contributed by atoms with Crippen molar-refractivity contribution in [1.82, 2.24) is 14.8 Å². The highest BCUT2D eigenvalue weighted by molar-refractivity contribution is 7.92. The quantitative estimate of drug-likeness (QED) is 0.704. The molecule has 0 saturated carbocycles. The highest BCUT2D eigenvalue weighted by Gasteiger charge is 2.49. The lowest BCUT2D eigenvalue weighted by atomic mass is 10.1. The Labute approximate surface area is 176 Å². The molecule has 30 heavy (non-hydrogen) atoms. The average molecular weight is 438 g/mol. The molecule has 0 radical (unpaired) electrons. The van der Waals surface area contributed by atoms with Gasteiger partial charge in [0.25, 0.3) is 10.0 Å². The summed E-state index contributed by atoms with van der Waals surface area (Å²) in [6, 6.07) is 7.05. The summed E-state index contributed by atoms with van der Waals surface area (Å²) in [6.07, 6.45) is 3.38. The number of pyridine rings is 1. The minimum atomic E-state index is -4.06. The number of sulfonamides is 1. The fourth-order valence-electron chi connectivity index (χ4n) is 4.94. The first kappa shape index (κ1) is 21.1. The van der Waals surface area contributed by atoms with Gasteiger partial charge in [-0.1, -0.05) is 0 Å². The summed E-state index contributed by atoms with van der Waals surface area (Å²) < 4.78 is 55.2. The zero-order valence-electron chi connectivity index (χ0n) is 17.2. The Bertz CT molecular complexity index is 1060. The zero-order valence-corrected chi connectivity index (χ0v) is 18.0. The molecule has 2 fully saturated rings. The van der Waals surface area contributed by atoms with Crippen LogP contribution >= 0.6 is 0 Å². The van der Waals surface area contributed by atoms with E-state index < -0.39 is 21.7 Å². The Morgan fingerprint density at radius 1 is 1.17 bits per heavy atom. The molecule has 1 unspecified atom stereocenters. The lowest BCUT2D eigenvalue weighted by Gasteiger charge is -2.42. The largest absolute Gasteiger partial charge is 0.311 e. The number of likely N-dealkylation sites (tertiary alicyclic amines) is 1. The number of benzene rings is 1. The molecule has 1 aromatic carbocycles. The van der Waals surface area contributed by atoms with Crippen LogP contribution in [-0.2, 0) is 10.0 Å². The molecule has 0 bridgehead atoms. The van der Waals surface area contributed by atoms with Gasteiger partial charge in [0, 0.05) is 38.4 Å². The average Bonchev–Trinajstić information content (AvgIpc) is 3.36. The maximum absolute atomic E-state index is 13.5. The number of rotatable bonds is 5. The van der Waals surface area contributed by atoms with Crippen molar-refractivity contribution < 1.29 is 17.2 Å². The van der Waals surface area contributed by atoms with Gasteiger partial charge in [0.15, 0.2) is 11.6 Å². The third-order valence-corrected chi connectivity index (χ3v) is 7.93. The molecule has 2 saturated heterocycles. The first-order valence-electron chi connectivity index (χ1n) is 10.3. The summed E-state index contributed by atoms with van der Waals surface area (Å²) in [5, 5.41) is 3.46. The number of quaternary nitrogens is 1. The summed E-state index contributed by atoms with van der Waals surface area (Å²) in [7, 11) is -4.06. The summed E-state index contributed by atoms with van der Waals surface area (Å²) in [6.45, 7) is 7.01. The van der Waals surface area contributed by atoms with Gasteiger partial charge in [-0.25, -0.2) is 17.2 Å². The number of aryl methyl sites for hydroxylation is 1. The van der Waals surface area contributed by atoms with E-state index in [2.05, 4.69) is 17.0 Å². The minimum absolute atomic E-state index is 0.332. The molecule has 2 aliphatic heterocycles. The van der Waals surface area contributed by atoms with Gasteiger partial charge in [0.2, 0.25) is 5.82 Å². The van der Waals surface area contributed by atoms with Crippen molar-refractivity contribution in [2.45, 2.75) is 50.1 Å². The maximum Gasteiger partial charge on any atom is 0.262 e. The smallest absolute Gasteiger partial charge is 0.262 e. The Hall–Kier alpha value is -2.10. The van der Waals surface area contributed by atoms with Gasteiger partial charge in [-0.05, 0) is 38.1 Å². The molecule has 2 aromatic rings. The van der Waals surface area contributed by atoms with Crippen molar-refractivity contribution in [3.8, 4) is 0 Å². The molecule has 6 nitrogen and oxygen atoms in total. The predicted octanol–water partition coefficient (Wildman–Crippen LogP) is 3.32. The number of hydrogen-bond acceptors (Lipinski definition) is 4. The SMILES string of the molecule is Cc1nc([N+]2([C@H]3CCNC3)CCC[C@@H]2C)ccc1NS(=O)(=O)c1ccc(F)c(F)c1. The van der Waals surface area contributed by atoms with E-state index in [4.69, 9.17) is 4.98 Å². The Morgan fingerprint density at radius 2 is 1.97 bits per heavy atom. The number of nitrogens with one attached hydrogen (secondary N) is 2. The predicted molar refractivity (Wildman–Crippen MR) is 113 cm³/mol. The highest BCUT2D eigenvalue weighted by Crippen LogP contribution is 2.38. The maximum atomic E-state index is 13.5. The Morgan fingerprint density at radius 3 is 2.57 bits per heavy atom. The second-order valence-corrected chi connectivity index (χ2v) is 9.96. The van der Waals surface area contributed by atoms with E-state index in [1.807, 2.05) is 6.07 Å². The van der Waals surface area contributed by atoms with Gasteiger partial charge in [0.05, 0.1) is 28.9 Å². The molecule has 162 valence electrons. The lowest BCUT2D eigenvalue weighted by Crippen LogP contribution is -2.60. The standard InChI is InChI=1S/C21H27F2N4O2S/c1-14-4-3-11-27(14,16-9-10-24-13-16)21-8-7-20(15(2)25-21)26-30(28,29)17-5-6-18(22)19(23)12-17/h5-8,12,14,16,24,26H,3-4,9-11,13H2,1-2H3/q+1/t14-,16-,27?/m0/s1. The van der Waals surface area contributed by atoms with E-state index in [-0.39, 0.29) is 4.90 Å². The van der Waals surface area contributed by atoms with E-state index >= 15 is 0 Å². The van der Waals surface area contributed by atoms with Gasteiger partial charge in [-0.3, -0.25) is 9.21 Å². The molecule has 3 atom stereocenters. The van der Waals surface area contributed by atoms with Crippen LogP contribution in [0.5, 0.6) is 0 Å². The third kappa shape index (κ3) is 3.59. The summed E-state index contributed by atoms with van der Waals surface area (Å²) >= 11 is 0. The van der Waals surface area contributed by atoms with Gasteiger partial charge >= 0.3 is 0 Å². The normalized spacial score (nSPS) is 26.8. The van der Waals surface area contributed by atoms with Crippen LogP contribution in [0.4, 0.5) is 20.3 Å². The summed E-state index contributed by atoms with van der Waals surface area (Å²) in [4.78, 5) is 4.48. The van der Waals surface area contributed by atoms with Gasteiger partial charge in [0.1, 0.15) is 6.04 Å². The molecule has 0 aliphatic carbocycles. The number of hydrogen-bond donors (Lipinski definition) is 2. The molecule has 2 aliphatic rings. The summed E-state index contributed by atoms with van der Waals surface area (Å²) in [5.74, 6) is -1.34. The van der Waals surface area contributed by atoms with Gasteiger partial charge < -0.3 is 5.32 Å². The lowest BCUT2D eigenvalue weighted by molar-refractivity contribution is 0.197. The van der Waals surface area contributed by atoms with E-state index in [0.717, 1.165) is 61.3 Å². The number of halogens is 2. The van der Waals surface area contributed by atoms with Gasteiger partial charge in [-0.15, -0.1) is 0 Å². The highest BCUT2D eigenvalue weighted by atomic mass is 32.2. The fraction of sp³-hybridized carbons (Fsp3) is 0.476. The molecular weight excluding hydrogens is 410 g/mol. The van der Waals surface area contributed by atoms with Crippen molar-refractivity contribution in [3.05, 3.63) is 47.7 Å². The number of anilines is 1. The number of nitrogens with zero attached hydrogens (tertiary/aromatic N) is 2. The topological polar surface area (TPSA) is 71.1 Å². The number of aromatic nitrogens is 1. The van der Waals surface area contributed by atoms with Crippen molar-refractivity contribution >= 4 is 21.5 Å². The van der Waals surface area contributed by atoms with Crippen molar-refractivity contribution in [2.75, 3.05) is 24.4 Å². The van der Waals surface area contributed by atoms with Crippen LogP contribution in [-0.4, -0.2) is 45.1 Å². The zero-order chi connectivity index (χ0) is 21.5. The molecule has 0 amide bonds. The van der Waals surface area contributed by atoms with Gasteiger partial charge in [-0.2, -0.15) is 4.98 Å². The second kappa shape index (κ2) is 7.86. The van der Waals surface area contributed by atoms with E-state index in [9.17, 15) is 17.2 Å². The Balaban J connectivity index is 1.65. The molecule has 2 N–H and O–H groups in total. The van der Waals surface area contributed by atoms with Crippen molar-refractivity contribution in [2.24, 2.45) is 0 Å². The van der Waals surface area contributed by atoms with E-state index in [1.54, 1.807) is 13.0 Å². The van der Waals surface area contributed by atoms with Crippen LogP contribution in [0.3, 0.4) is 0 Å².